The molecule has 0 aliphatic rings. The molecule has 180 valence electrons. The van der Waals surface area contributed by atoms with Gasteiger partial charge in [-0.05, 0) is 24.3 Å². The van der Waals surface area contributed by atoms with Gasteiger partial charge in [-0.3, -0.25) is 4.98 Å². The number of amides is 2. The highest BCUT2D eigenvalue weighted by atomic mass is 16.5. The molecular weight excluding hydrogens is 444 g/mol. The molecule has 2 aromatic heterocycles. The van der Waals surface area contributed by atoms with Crippen LogP contribution in [-0.4, -0.2) is 31.1 Å². The lowest BCUT2D eigenvalue weighted by Crippen LogP contribution is -2.21. The number of urea groups is 1. The summed E-state index contributed by atoms with van der Waals surface area (Å²) in [7, 11) is 3.25. The summed E-state index contributed by atoms with van der Waals surface area (Å²) >= 11 is 0. The van der Waals surface area contributed by atoms with Crippen molar-refractivity contribution in [1.82, 2.24) is 4.98 Å². The largest absolute Gasteiger partial charge is 0.463 e. The molecule has 0 aliphatic heterocycles. The van der Waals surface area contributed by atoms with Crippen molar-refractivity contribution in [3.63, 3.8) is 0 Å². The van der Waals surface area contributed by atoms with Gasteiger partial charge < -0.3 is 24.7 Å². The molecule has 0 fully saturated rings. The fourth-order valence-electron chi connectivity index (χ4n) is 3.77. The van der Waals surface area contributed by atoms with Crippen LogP contribution in [-0.2, 0) is 10.2 Å². The van der Waals surface area contributed by atoms with Crippen LogP contribution in [0.2, 0.25) is 0 Å². The molecule has 0 aliphatic carbocycles. The molecule has 2 N–H and O–H groups in total. The second-order valence-electron chi connectivity index (χ2n) is 9.12. The van der Waals surface area contributed by atoms with Gasteiger partial charge in [-0.15, -0.1) is 0 Å². The highest BCUT2D eigenvalue weighted by molar-refractivity contribution is 6.10. The molecule has 0 atom stereocenters. The smallest absolute Gasteiger partial charge is 0.376 e. The van der Waals surface area contributed by atoms with Crippen LogP contribution in [0.5, 0.6) is 0 Å². The van der Waals surface area contributed by atoms with Crippen molar-refractivity contribution in [3.05, 3.63) is 78.5 Å². The maximum atomic E-state index is 13.0. The summed E-state index contributed by atoms with van der Waals surface area (Å²) in [5.74, 6) is -0.154. The van der Waals surface area contributed by atoms with E-state index in [0.29, 0.717) is 11.4 Å². The van der Waals surface area contributed by atoms with Crippen molar-refractivity contribution in [1.29, 1.82) is 0 Å². The van der Waals surface area contributed by atoms with Crippen LogP contribution in [0.1, 0.15) is 37.1 Å². The number of hydrogen-bond acceptors (Lipinski definition) is 6. The van der Waals surface area contributed by atoms with Crippen LogP contribution in [0.3, 0.4) is 0 Å². The Labute approximate surface area is 203 Å². The predicted molar refractivity (Wildman–Crippen MR) is 138 cm³/mol. The molecule has 0 radical (unpaired) electrons. The second-order valence-corrected chi connectivity index (χ2v) is 9.12. The summed E-state index contributed by atoms with van der Waals surface area (Å²) in [5, 5.41) is 7.47. The Kier molecular flexibility index (Phi) is 6.46. The van der Waals surface area contributed by atoms with Crippen molar-refractivity contribution in [2.75, 3.05) is 29.7 Å². The van der Waals surface area contributed by atoms with E-state index in [0.717, 1.165) is 22.1 Å². The van der Waals surface area contributed by atoms with E-state index in [4.69, 9.17) is 9.15 Å². The number of aromatic nitrogens is 1. The quantitative estimate of drug-likeness (QED) is 0.330. The third-order valence-corrected chi connectivity index (χ3v) is 5.65. The zero-order valence-electron chi connectivity index (χ0n) is 20.4. The standard InChI is InChI=1S/C27H28N4O4/c1-27(2,3)23-16-21(24(35-23)25(32)34-5)30-26(33)29-20-10-11-22(19-9-7-6-8-18(19)20)31(4)17-12-14-28-15-13-17/h6-16H,1-5H3,(H2,29,30,33). The molecule has 4 rings (SSSR count). The van der Waals surface area contributed by atoms with Gasteiger partial charge in [0.15, 0.2) is 0 Å². The molecule has 0 saturated heterocycles. The maximum Gasteiger partial charge on any atom is 0.376 e. The zero-order chi connectivity index (χ0) is 25.2. The Morgan fingerprint density at radius 1 is 0.943 bits per heavy atom. The molecule has 2 aromatic carbocycles. The fraction of sp³-hybridized carbons (Fsp3) is 0.222. The zero-order valence-corrected chi connectivity index (χ0v) is 20.4. The van der Waals surface area contributed by atoms with Gasteiger partial charge in [0.2, 0.25) is 5.76 Å². The van der Waals surface area contributed by atoms with E-state index in [1.54, 1.807) is 18.5 Å². The molecule has 2 amide bonds. The minimum Gasteiger partial charge on any atom is -0.463 e. The average Bonchev–Trinajstić information content (AvgIpc) is 3.28. The Balaban J connectivity index is 1.63. The Morgan fingerprint density at radius 3 is 2.26 bits per heavy atom. The lowest BCUT2D eigenvalue weighted by molar-refractivity contribution is 0.0563. The maximum absolute atomic E-state index is 13.0. The summed E-state index contributed by atoms with van der Waals surface area (Å²) in [4.78, 5) is 31.3. The Morgan fingerprint density at radius 2 is 1.60 bits per heavy atom. The Bertz CT molecular complexity index is 1370. The third kappa shape index (κ3) is 4.96. The van der Waals surface area contributed by atoms with Crippen LogP contribution in [0, 0.1) is 0 Å². The van der Waals surface area contributed by atoms with Crippen molar-refractivity contribution in [2.45, 2.75) is 26.2 Å². The summed E-state index contributed by atoms with van der Waals surface area (Å²) in [6.45, 7) is 5.86. The number of hydrogen-bond donors (Lipinski definition) is 2. The number of ether oxygens (including phenoxy) is 1. The molecule has 4 aromatic rings. The van der Waals surface area contributed by atoms with Crippen molar-refractivity contribution in [2.24, 2.45) is 0 Å². The number of nitrogens with one attached hydrogen (secondary N) is 2. The molecule has 0 saturated carbocycles. The highest BCUT2D eigenvalue weighted by Gasteiger charge is 2.26. The van der Waals surface area contributed by atoms with Crippen LogP contribution in [0.4, 0.5) is 27.5 Å². The number of nitrogens with zero attached hydrogens (tertiary/aromatic N) is 2. The van der Waals surface area contributed by atoms with E-state index in [-0.39, 0.29) is 16.9 Å². The second kappa shape index (κ2) is 9.50. The number of methoxy groups -OCH3 is 1. The molecular formula is C27H28N4O4. The first-order chi connectivity index (χ1) is 16.7. The van der Waals surface area contributed by atoms with E-state index < -0.39 is 12.0 Å². The van der Waals surface area contributed by atoms with E-state index in [1.165, 1.54) is 7.11 Å². The predicted octanol–water partition coefficient (Wildman–Crippen LogP) is 6.32. The normalized spacial score (nSPS) is 11.2. The van der Waals surface area contributed by atoms with Gasteiger partial charge in [-0.1, -0.05) is 45.0 Å². The number of carbonyl (C=O) groups is 2. The van der Waals surface area contributed by atoms with Gasteiger partial charge in [0.25, 0.3) is 0 Å². The lowest BCUT2D eigenvalue weighted by atomic mass is 9.93. The number of pyridine rings is 1. The molecule has 0 bridgehead atoms. The van der Waals surface area contributed by atoms with Crippen LogP contribution in [0.25, 0.3) is 10.8 Å². The van der Waals surface area contributed by atoms with Crippen molar-refractivity contribution < 1.29 is 18.7 Å². The number of fused-ring (bicyclic) bond motifs is 1. The van der Waals surface area contributed by atoms with Crippen LogP contribution >= 0.6 is 0 Å². The first-order valence-corrected chi connectivity index (χ1v) is 11.1. The lowest BCUT2D eigenvalue weighted by Gasteiger charge is -2.22. The van der Waals surface area contributed by atoms with Gasteiger partial charge in [0.1, 0.15) is 5.76 Å². The molecule has 35 heavy (non-hydrogen) atoms. The number of anilines is 4. The van der Waals surface area contributed by atoms with Gasteiger partial charge in [0, 0.05) is 53.1 Å². The van der Waals surface area contributed by atoms with Crippen LogP contribution in [0.15, 0.2) is 71.4 Å². The number of esters is 1. The van der Waals surface area contributed by atoms with Gasteiger partial charge in [0.05, 0.1) is 18.5 Å². The third-order valence-electron chi connectivity index (χ3n) is 5.65. The number of benzene rings is 2. The monoisotopic (exact) mass is 472 g/mol. The van der Waals surface area contributed by atoms with Crippen molar-refractivity contribution >= 4 is 45.5 Å². The molecule has 2 heterocycles. The van der Waals surface area contributed by atoms with E-state index >= 15 is 0 Å². The van der Waals surface area contributed by atoms with E-state index in [1.807, 2.05) is 76.3 Å². The van der Waals surface area contributed by atoms with Gasteiger partial charge in [-0.2, -0.15) is 0 Å². The van der Waals surface area contributed by atoms with E-state index in [9.17, 15) is 9.59 Å². The minimum absolute atomic E-state index is 0.0493. The Hall–Kier alpha value is -4.33. The highest BCUT2D eigenvalue weighted by Crippen LogP contribution is 2.35. The van der Waals surface area contributed by atoms with E-state index in [2.05, 4.69) is 20.5 Å². The first-order valence-electron chi connectivity index (χ1n) is 11.1. The topological polar surface area (TPSA) is 96.7 Å². The molecule has 0 unspecified atom stereocenters. The van der Waals surface area contributed by atoms with Gasteiger partial charge >= 0.3 is 12.0 Å². The van der Waals surface area contributed by atoms with Gasteiger partial charge in [-0.25, -0.2) is 9.59 Å². The fourth-order valence-corrected chi connectivity index (χ4v) is 3.77. The summed E-state index contributed by atoms with van der Waals surface area (Å²) in [6.07, 6.45) is 3.50. The SMILES string of the molecule is COC(=O)c1oc(C(C)(C)C)cc1NC(=O)Nc1ccc(N(C)c2ccncc2)c2ccccc12. The number of carbonyl (C=O) groups excluding carboxylic acids is 2. The van der Waals surface area contributed by atoms with Crippen LogP contribution < -0.4 is 15.5 Å². The molecule has 8 nitrogen and oxygen atoms in total. The average molecular weight is 473 g/mol. The first kappa shape index (κ1) is 23.8. The minimum atomic E-state index is -0.662. The number of rotatable bonds is 5. The number of furan rings is 1. The van der Waals surface area contributed by atoms with Crippen molar-refractivity contribution in [3.8, 4) is 0 Å². The summed E-state index contributed by atoms with van der Waals surface area (Å²) in [6, 6.07) is 16.7. The molecule has 0 spiro atoms. The summed E-state index contributed by atoms with van der Waals surface area (Å²) in [5.41, 5.74) is 2.50. The summed E-state index contributed by atoms with van der Waals surface area (Å²) < 4.78 is 10.5. The molecule has 8 heteroatoms.